The van der Waals surface area contributed by atoms with Crippen molar-refractivity contribution in [1.82, 2.24) is 10.2 Å². The summed E-state index contributed by atoms with van der Waals surface area (Å²) in [6.45, 7) is 6.93. The fourth-order valence-electron chi connectivity index (χ4n) is 2.38. The van der Waals surface area contributed by atoms with Crippen molar-refractivity contribution in [2.45, 2.75) is 39.2 Å². The van der Waals surface area contributed by atoms with Gasteiger partial charge in [-0.15, -0.1) is 11.3 Å². The molecule has 1 saturated heterocycles. The average Bonchev–Trinajstić information content (AvgIpc) is 2.75. The molecule has 1 amide bonds. The van der Waals surface area contributed by atoms with Crippen molar-refractivity contribution in [2.24, 2.45) is 0 Å². The Labute approximate surface area is 113 Å². The minimum absolute atomic E-state index is 0.317. The van der Waals surface area contributed by atoms with E-state index in [1.807, 2.05) is 4.90 Å². The number of carbonyl (C=O) groups excluding carboxylic acids is 1. The Hall–Kier alpha value is -0.870. The van der Waals surface area contributed by atoms with Gasteiger partial charge in [-0.05, 0) is 43.7 Å². The second-order valence-corrected chi connectivity index (χ2v) is 6.08. The Morgan fingerprint density at radius 2 is 2.44 bits per heavy atom. The van der Waals surface area contributed by atoms with Gasteiger partial charge in [0.15, 0.2) is 0 Å². The lowest BCUT2D eigenvalue weighted by molar-refractivity contribution is -0.132. The molecule has 0 radical (unpaired) electrons. The second kappa shape index (κ2) is 6.34. The highest BCUT2D eigenvalue weighted by Crippen LogP contribution is 2.18. The SMILES string of the molecule is Cc1ccsc1CCCC(=O)N1CCNC(C)C1. The maximum atomic E-state index is 12.1. The number of carbonyl (C=O) groups is 1. The lowest BCUT2D eigenvalue weighted by Gasteiger charge is -2.32. The van der Waals surface area contributed by atoms with Crippen LogP contribution in [-0.4, -0.2) is 36.5 Å². The third-order valence-corrected chi connectivity index (χ3v) is 4.57. The fourth-order valence-corrected chi connectivity index (χ4v) is 3.33. The van der Waals surface area contributed by atoms with Crippen LogP contribution in [0.15, 0.2) is 11.4 Å². The Morgan fingerprint density at radius 1 is 1.61 bits per heavy atom. The Kier molecular flexibility index (Phi) is 4.78. The van der Waals surface area contributed by atoms with Crippen LogP contribution < -0.4 is 5.32 Å². The number of amides is 1. The molecule has 1 fully saturated rings. The van der Waals surface area contributed by atoms with Gasteiger partial charge in [0.25, 0.3) is 0 Å². The van der Waals surface area contributed by atoms with Crippen molar-refractivity contribution in [3.63, 3.8) is 0 Å². The molecule has 0 aliphatic carbocycles. The Bertz CT molecular complexity index is 402. The number of piperazine rings is 1. The number of rotatable bonds is 4. The molecule has 2 rings (SSSR count). The Balaban J connectivity index is 1.73. The van der Waals surface area contributed by atoms with Crippen molar-refractivity contribution in [2.75, 3.05) is 19.6 Å². The van der Waals surface area contributed by atoms with Crippen LogP contribution in [0.1, 0.15) is 30.2 Å². The van der Waals surface area contributed by atoms with Gasteiger partial charge in [0.2, 0.25) is 5.91 Å². The normalized spacial score (nSPS) is 20.1. The largest absolute Gasteiger partial charge is 0.340 e. The minimum atomic E-state index is 0.317. The number of nitrogens with one attached hydrogen (secondary N) is 1. The van der Waals surface area contributed by atoms with Crippen molar-refractivity contribution in [3.8, 4) is 0 Å². The molecular weight excluding hydrogens is 244 g/mol. The first-order chi connectivity index (χ1) is 8.66. The van der Waals surface area contributed by atoms with Crippen LogP contribution in [0.3, 0.4) is 0 Å². The van der Waals surface area contributed by atoms with Crippen LogP contribution in [0, 0.1) is 6.92 Å². The summed E-state index contributed by atoms with van der Waals surface area (Å²) in [5.74, 6) is 0.317. The fraction of sp³-hybridized carbons (Fsp3) is 0.643. The van der Waals surface area contributed by atoms with E-state index in [1.54, 1.807) is 11.3 Å². The van der Waals surface area contributed by atoms with E-state index in [-0.39, 0.29) is 0 Å². The second-order valence-electron chi connectivity index (χ2n) is 5.08. The van der Waals surface area contributed by atoms with Gasteiger partial charge < -0.3 is 10.2 Å². The highest BCUT2D eigenvalue weighted by Gasteiger charge is 2.19. The molecular formula is C14H22N2OS. The van der Waals surface area contributed by atoms with Gasteiger partial charge in [-0.25, -0.2) is 0 Å². The predicted octanol–water partition coefficient (Wildman–Crippen LogP) is 2.20. The molecule has 2 heterocycles. The molecule has 0 aromatic carbocycles. The maximum absolute atomic E-state index is 12.1. The molecule has 1 atom stereocenters. The number of hydrogen-bond acceptors (Lipinski definition) is 3. The van der Waals surface area contributed by atoms with Crippen molar-refractivity contribution in [3.05, 3.63) is 21.9 Å². The molecule has 3 nitrogen and oxygen atoms in total. The summed E-state index contributed by atoms with van der Waals surface area (Å²) >= 11 is 1.80. The van der Waals surface area contributed by atoms with Crippen LogP contribution in [0.4, 0.5) is 0 Å². The molecule has 1 aromatic heterocycles. The number of nitrogens with zero attached hydrogens (tertiary/aromatic N) is 1. The van der Waals surface area contributed by atoms with Crippen molar-refractivity contribution >= 4 is 17.2 Å². The third-order valence-electron chi connectivity index (χ3n) is 3.48. The molecule has 1 aliphatic heterocycles. The number of thiophene rings is 1. The summed E-state index contributed by atoms with van der Waals surface area (Å²) < 4.78 is 0. The van der Waals surface area contributed by atoms with Gasteiger partial charge >= 0.3 is 0 Å². The molecule has 1 N–H and O–H groups in total. The standard InChI is InChI=1S/C14H22N2OS/c1-11-6-9-18-13(11)4-3-5-14(17)16-8-7-15-12(2)10-16/h6,9,12,15H,3-5,7-8,10H2,1-2H3. The molecule has 0 bridgehead atoms. The van der Waals surface area contributed by atoms with E-state index in [4.69, 9.17) is 0 Å². The highest BCUT2D eigenvalue weighted by atomic mass is 32.1. The van der Waals surface area contributed by atoms with E-state index in [2.05, 4.69) is 30.6 Å². The summed E-state index contributed by atoms with van der Waals surface area (Å²) in [6, 6.07) is 2.59. The zero-order valence-corrected chi connectivity index (χ0v) is 12.1. The first kappa shape index (κ1) is 13.6. The van der Waals surface area contributed by atoms with Crippen LogP contribution >= 0.6 is 11.3 Å². The molecule has 100 valence electrons. The van der Waals surface area contributed by atoms with E-state index in [9.17, 15) is 4.79 Å². The Morgan fingerprint density at radius 3 is 3.11 bits per heavy atom. The van der Waals surface area contributed by atoms with Gasteiger partial charge in [0, 0.05) is 37.0 Å². The monoisotopic (exact) mass is 266 g/mol. The topological polar surface area (TPSA) is 32.3 Å². The maximum Gasteiger partial charge on any atom is 0.222 e. The summed E-state index contributed by atoms with van der Waals surface area (Å²) in [5.41, 5.74) is 1.36. The third kappa shape index (κ3) is 3.56. The molecule has 1 aromatic rings. The molecule has 4 heteroatoms. The van der Waals surface area contributed by atoms with Crippen molar-refractivity contribution in [1.29, 1.82) is 0 Å². The first-order valence-electron chi connectivity index (χ1n) is 6.71. The van der Waals surface area contributed by atoms with E-state index in [1.165, 1.54) is 10.4 Å². The summed E-state index contributed by atoms with van der Waals surface area (Å²) in [6.07, 6.45) is 2.69. The van der Waals surface area contributed by atoms with Gasteiger partial charge in [0.1, 0.15) is 0 Å². The van der Waals surface area contributed by atoms with Gasteiger partial charge in [-0.3, -0.25) is 4.79 Å². The first-order valence-corrected chi connectivity index (χ1v) is 7.59. The van der Waals surface area contributed by atoms with E-state index < -0.39 is 0 Å². The van der Waals surface area contributed by atoms with Crippen LogP contribution in [0.25, 0.3) is 0 Å². The highest BCUT2D eigenvalue weighted by molar-refractivity contribution is 7.10. The predicted molar refractivity (Wildman–Crippen MR) is 76.0 cm³/mol. The number of hydrogen-bond donors (Lipinski definition) is 1. The summed E-state index contributed by atoms with van der Waals surface area (Å²) in [7, 11) is 0. The lowest BCUT2D eigenvalue weighted by Crippen LogP contribution is -2.51. The lowest BCUT2D eigenvalue weighted by atomic mass is 10.1. The van der Waals surface area contributed by atoms with Gasteiger partial charge in [-0.2, -0.15) is 0 Å². The van der Waals surface area contributed by atoms with Gasteiger partial charge in [-0.1, -0.05) is 0 Å². The number of aryl methyl sites for hydroxylation is 2. The van der Waals surface area contributed by atoms with Crippen LogP contribution in [0.5, 0.6) is 0 Å². The molecule has 0 spiro atoms. The van der Waals surface area contributed by atoms with Crippen LogP contribution in [0.2, 0.25) is 0 Å². The van der Waals surface area contributed by atoms with E-state index >= 15 is 0 Å². The molecule has 1 aliphatic rings. The van der Waals surface area contributed by atoms with E-state index in [0.29, 0.717) is 18.4 Å². The molecule has 0 saturated carbocycles. The average molecular weight is 266 g/mol. The zero-order valence-electron chi connectivity index (χ0n) is 11.2. The van der Waals surface area contributed by atoms with E-state index in [0.717, 1.165) is 32.5 Å². The molecule has 18 heavy (non-hydrogen) atoms. The van der Waals surface area contributed by atoms with Gasteiger partial charge in [0.05, 0.1) is 0 Å². The smallest absolute Gasteiger partial charge is 0.222 e. The van der Waals surface area contributed by atoms with Crippen molar-refractivity contribution < 1.29 is 4.79 Å². The quantitative estimate of drug-likeness (QED) is 0.906. The zero-order chi connectivity index (χ0) is 13.0. The minimum Gasteiger partial charge on any atom is -0.340 e. The van der Waals surface area contributed by atoms with Crippen LogP contribution in [-0.2, 0) is 11.2 Å². The molecule has 1 unspecified atom stereocenters. The summed E-state index contributed by atoms with van der Waals surface area (Å²) in [4.78, 5) is 15.5. The summed E-state index contributed by atoms with van der Waals surface area (Å²) in [5, 5.41) is 5.49.